The van der Waals surface area contributed by atoms with E-state index in [1.807, 2.05) is 0 Å². The number of rotatable bonds is 6. The normalized spacial score (nSPS) is 28.9. The first-order valence-corrected chi connectivity index (χ1v) is 7.58. The molecule has 1 rings (SSSR count). The van der Waals surface area contributed by atoms with Crippen LogP contribution in [-0.4, -0.2) is 54.0 Å². The standard InChI is InChI=1S/C15H32N2O2/c1-15(2,3)13-4-5-14(16)12(10-13)11-17(6-8-18)7-9-19/h12-14,18-19H,4-11,16H2,1-3H3. The summed E-state index contributed by atoms with van der Waals surface area (Å²) in [6, 6.07) is 0.262. The predicted octanol–water partition coefficient (Wildman–Crippen LogP) is 1.06. The van der Waals surface area contributed by atoms with Crippen LogP contribution >= 0.6 is 0 Å². The number of nitrogens with two attached hydrogens (primary N) is 1. The Bertz CT molecular complexity index is 247. The van der Waals surface area contributed by atoms with E-state index in [1.54, 1.807) is 0 Å². The van der Waals surface area contributed by atoms with Gasteiger partial charge in [-0.15, -0.1) is 0 Å². The fraction of sp³-hybridized carbons (Fsp3) is 1.00. The summed E-state index contributed by atoms with van der Waals surface area (Å²) in [5.41, 5.74) is 6.62. The van der Waals surface area contributed by atoms with Gasteiger partial charge in [0.1, 0.15) is 0 Å². The number of hydrogen-bond donors (Lipinski definition) is 3. The van der Waals surface area contributed by atoms with E-state index in [1.165, 1.54) is 6.42 Å². The molecule has 0 heterocycles. The maximum absolute atomic E-state index is 9.09. The summed E-state index contributed by atoms with van der Waals surface area (Å²) in [5, 5.41) is 18.2. The molecule has 0 spiro atoms. The van der Waals surface area contributed by atoms with Gasteiger partial charge in [0.15, 0.2) is 0 Å². The van der Waals surface area contributed by atoms with Gasteiger partial charge >= 0.3 is 0 Å². The van der Waals surface area contributed by atoms with Crippen molar-refractivity contribution in [2.75, 3.05) is 32.8 Å². The molecule has 0 aliphatic heterocycles. The lowest BCUT2D eigenvalue weighted by Crippen LogP contribution is -2.46. The molecule has 4 heteroatoms. The van der Waals surface area contributed by atoms with Gasteiger partial charge in [0, 0.05) is 25.7 Å². The molecule has 1 aliphatic rings. The van der Waals surface area contributed by atoms with Crippen molar-refractivity contribution >= 4 is 0 Å². The van der Waals surface area contributed by atoms with Crippen molar-refractivity contribution in [2.24, 2.45) is 23.0 Å². The molecule has 1 fully saturated rings. The Morgan fingerprint density at radius 1 is 1.11 bits per heavy atom. The van der Waals surface area contributed by atoms with Gasteiger partial charge in [-0.3, -0.25) is 4.90 Å². The summed E-state index contributed by atoms with van der Waals surface area (Å²) >= 11 is 0. The van der Waals surface area contributed by atoms with E-state index in [0.717, 1.165) is 25.3 Å². The lowest BCUT2D eigenvalue weighted by Gasteiger charge is -2.42. The van der Waals surface area contributed by atoms with Crippen LogP contribution in [0.3, 0.4) is 0 Å². The van der Waals surface area contributed by atoms with Gasteiger partial charge in [-0.2, -0.15) is 0 Å². The molecule has 0 aromatic heterocycles. The van der Waals surface area contributed by atoms with Crippen molar-refractivity contribution in [1.82, 2.24) is 4.90 Å². The first-order chi connectivity index (χ1) is 8.88. The van der Waals surface area contributed by atoms with E-state index in [2.05, 4.69) is 25.7 Å². The summed E-state index contributed by atoms with van der Waals surface area (Å²) in [7, 11) is 0. The molecule has 0 aromatic rings. The maximum atomic E-state index is 9.09. The quantitative estimate of drug-likeness (QED) is 0.676. The second-order valence-corrected chi connectivity index (χ2v) is 7.05. The minimum Gasteiger partial charge on any atom is -0.395 e. The van der Waals surface area contributed by atoms with Crippen LogP contribution < -0.4 is 5.73 Å². The van der Waals surface area contributed by atoms with Crippen LogP contribution in [0.15, 0.2) is 0 Å². The monoisotopic (exact) mass is 272 g/mol. The fourth-order valence-corrected chi connectivity index (χ4v) is 3.19. The summed E-state index contributed by atoms with van der Waals surface area (Å²) in [5.74, 6) is 1.21. The molecule has 4 nitrogen and oxygen atoms in total. The minimum atomic E-state index is 0.144. The van der Waals surface area contributed by atoms with Crippen LogP contribution in [0.2, 0.25) is 0 Å². The van der Waals surface area contributed by atoms with Crippen LogP contribution in [-0.2, 0) is 0 Å². The summed E-state index contributed by atoms with van der Waals surface area (Å²) in [6.45, 7) is 9.37. The molecule has 19 heavy (non-hydrogen) atoms. The average molecular weight is 272 g/mol. The largest absolute Gasteiger partial charge is 0.395 e. The second-order valence-electron chi connectivity index (χ2n) is 7.05. The third kappa shape index (κ3) is 5.38. The van der Waals surface area contributed by atoms with Crippen molar-refractivity contribution in [2.45, 2.75) is 46.1 Å². The Hall–Kier alpha value is -0.160. The molecule has 114 valence electrons. The molecule has 3 atom stereocenters. The Morgan fingerprint density at radius 2 is 1.68 bits per heavy atom. The highest BCUT2D eigenvalue weighted by Gasteiger charge is 2.34. The van der Waals surface area contributed by atoms with Crippen LogP contribution in [0.1, 0.15) is 40.0 Å². The van der Waals surface area contributed by atoms with Crippen molar-refractivity contribution in [3.63, 3.8) is 0 Å². The van der Waals surface area contributed by atoms with E-state index in [4.69, 9.17) is 15.9 Å². The molecule has 1 aliphatic carbocycles. The van der Waals surface area contributed by atoms with Gasteiger partial charge in [0.05, 0.1) is 13.2 Å². The van der Waals surface area contributed by atoms with E-state index in [9.17, 15) is 0 Å². The Labute approximate surface area is 118 Å². The molecule has 0 amide bonds. The Morgan fingerprint density at radius 3 is 2.16 bits per heavy atom. The summed E-state index contributed by atoms with van der Waals surface area (Å²) < 4.78 is 0. The average Bonchev–Trinajstić information content (AvgIpc) is 2.31. The van der Waals surface area contributed by atoms with Crippen molar-refractivity contribution in [3.05, 3.63) is 0 Å². The third-order valence-corrected chi connectivity index (χ3v) is 4.59. The SMILES string of the molecule is CC(C)(C)C1CCC(N)C(CN(CCO)CCO)C1. The highest BCUT2D eigenvalue weighted by molar-refractivity contribution is 4.88. The molecule has 1 saturated carbocycles. The van der Waals surface area contributed by atoms with Crippen LogP contribution in [0.25, 0.3) is 0 Å². The maximum Gasteiger partial charge on any atom is 0.0558 e. The van der Waals surface area contributed by atoms with Gasteiger partial charge < -0.3 is 15.9 Å². The van der Waals surface area contributed by atoms with Gasteiger partial charge in [-0.1, -0.05) is 20.8 Å². The highest BCUT2D eigenvalue weighted by atomic mass is 16.3. The summed E-state index contributed by atoms with van der Waals surface area (Å²) in [6.07, 6.45) is 3.48. The van der Waals surface area contributed by atoms with Crippen LogP contribution in [0.5, 0.6) is 0 Å². The predicted molar refractivity (Wildman–Crippen MR) is 78.9 cm³/mol. The molecular weight excluding hydrogens is 240 g/mol. The van der Waals surface area contributed by atoms with Crippen LogP contribution in [0.4, 0.5) is 0 Å². The van der Waals surface area contributed by atoms with Crippen molar-refractivity contribution in [3.8, 4) is 0 Å². The molecule has 4 N–H and O–H groups in total. The lowest BCUT2D eigenvalue weighted by atomic mass is 9.67. The molecule has 3 unspecified atom stereocenters. The number of aliphatic hydroxyl groups is 2. The number of hydrogen-bond acceptors (Lipinski definition) is 4. The zero-order valence-electron chi connectivity index (χ0n) is 12.8. The molecular formula is C15H32N2O2. The van der Waals surface area contributed by atoms with Crippen molar-refractivity contribution in [1.29, 1.82) is 0 Å². The highest BCUT2D eigenvalue weighted by Crippen LogP contribution is 2.40. The topological polar surface area (TPSA) is 69.7 Å². The lowest BCUT2D eigenvalue weighted by molar-refractivity contribution is 0.0837. The summed E-state index contributed by atoms with van der Waals surface area (Å²) in [4.78, 5) is 2.13. The zero-order chi connectivity index (χ0) is 14.5. The van der Waals surface area contributed by atoms with Crippen molar-refractivity contribution < 1.29 is 10.2 Å². The van der Waals surface area contributed by atoms with E-state index >= 15 is 0 Å². The van der Waals surface area contributed by atoms with Gasteiger partial charge in [0.25, 0.3) is 0 Å². The Kier molecular flexibility index (Phi) is 6.74. The first-order valence-electron chi connectivity index (χ1n) is 7.58. The fourth-order valence-electron chi connectivity index (χ4n) is 3.19. The number of aliphatic hydroxyl groups excluding tert-OH is 2. The molecule has 0 aromatic carbocycles. The molecule has 0 saturated heterocycles. The third-order valence-electron chi connectivity index (χ3n) is 4.59. The van der Waals surface area contributed by atoms with E-state index in [-0.39, 0.29) is 19.3 Å². The van der Waals surface area contributed by atoms with Gasteiger partial charge in [-0.25, -0.2) is 0 Å². The minimum absolute atomic E-state index is 0.144. The molecule has 0 bridgehead atoms. The first kappa shape index (κ1) is 16.9. The smallest absolute Gasteiger partial charge is 0.0558 e. The second kappa shape index (κ2) is 7.58. The number of nitrogens with zero attached hydrogens (tertiary/aromatic N) is 1. The Balaban J connectivity index is 2.57. The van der Waals surface area contributed by atoms with E-state index in [0.29, 0.717) is 24.4 Å². The molecule has 0 radical (unpaired) electrons. The zero-order valence-corrected chi connectivity index (χ0v) is 12.8. The van der Waals surface area contributed by atoms with Crippen LogP contribution in [0, 0.1) is 17.3 Å². The van der Waals surface area contributed by atoms with Gasteiger partial charge in [-0.05, 0) is 36.5 Å². The van der Waals surface area contributed by atoms with Gasteiger partial charge in [0.2, 0.25) is 0 Å². The van der Waals surface area contributed by atoms with E-state index < -0.39 is 0 Å².